The molecule has 1 saturated heterocycles. The Labute approximate surface area is 216 Å². The fourth-order valence-corrected chi connectivity index (χ4v) is 4.97. The van der Waals surface area contributed by atoms with Gasteiger partial charge in [-0.1, -0.05) is 24.1 Å². The van der Waals surface area contributed by atoms with Gasteiger partial charge in [0, 0.05) is 26.3 Å². The maximum absolute atomic E-state index is 15.0. The van der Waals surface area contributed by atoms with Crippen LogP contribution in [0, 0.1) is 24.6 Å². The summed E-state index contributed by atoms with van der Waals surface area (Å²) in [5.41, 5.74) is 8.02. The van der Waals surface area contributed by atoms with Crippen LogP contribution < -0.4 is 5.73 Å². The maximum Gasteiger partial charge on any atom is 0.246 e. The van der Waals surface area contributed by atoms with E-state index in [2.05, 4.69) is 33.4 Å². The third-order valence-electron chi connectivity index (χ3n) is 6.65. The number of aromatic nitrogens is 6. The molecule has 1 aromatic carbocycles. The second-order valence-electron chi connectivity index (χ2n) is 8.83. The fraction of sp³-hybridized carbons (Fsp3) is 0.320. The molecule has 0 spiro atoms. The van der Waals surface area contributed by atoms with Crippen molar-refractivity contribution in [2.75, 3.05) is 26.0 Å². The zero-order valence-electron chi connectivity index (χ0n) is 20.5. The van der Waals surface area contributed by atoms with Crippen molar-refractivity contribution in [2.45, 2.75) is 25.4 Å². The standard InChI is InChI=1S/C25H24ClFN8O2/c1-5-19(36)34-10-15(9-16(34)11-37-4)35-25-20(24(28)29-12-30-25)17(32-35)7-6-14-8-18-23(22(27)21(14)26)33(3)13(2)31-18/h5,8,12,15-16H,1,9-11H2,2-4H3,(H2,28,29,30)/t15-,16+/m0/s1. The number of imidazole rings is 1. The number of carbonyl (C=O) groups is 1. The summed E-state index contributed by atoms with van der Waals surface area (Å²) < 4.78 is 23.7. The number of carbonyl (C=O) groups excluding carboxylic acids is 1. The Hall–Kier alpha value is -4.01. The Balaban J connectivity index is 1.59. The molecule has 0 bridgehead atoms. The van der Waals surface area contributed by atoms with Crippen LogP contribution in [0.3, 0.4) is 0 Å². The van der Waals surface area contributed by atoms with Crippen LogP contribution in [0.4, 0.5) is 10.2 Å². The quantitative estimate of drug-likeness (QED) is 0.323. The van der Waals surface area contributed by atoms with Gasteiger partial charge in [-0.3, -0.25) is 4.79 Å². The largest absolute Gasteiger partial charge is 0.383 e. The van der Waals surface area contributed by atoms with Crippen LogP contribution in [0.2, 0.25) is 5.02 Å². The second kappa shape index (κ2) is 9.46. The summed E-state index contributed by atoms with van der Waals surface area (Å²) in [5.74, 6) is 5.98. The van der Waals surface area contributed by atoms with Crippen molar-refractivity contribution >= 4 is 45.4 Å². The number of nitrogens with zero attached hydrogens (tertiary/aromatic N) is 7. The van der Waals surface area contributed by atoms with Gasteiger partial charge in [0.05, 0.1) is 34.6 Å². The second-order valence-corrected chi connectivity index (χ2v) is 9.21. The normalized spacial score (nSPS) is 17.4. The molecular formula is C25H24ClFN8O2. The molecule has 10 nitrogen and oxygen atoms in total. The Bertz CT molecular complexity index is 1630. The van der Waals surface area contributed by atoms with E-state index in [-0.39, 0.29) is 34.4 Å². The van der Waals surface area contributed by atoms with Gasteiger partial charge in [-0.05, 0) is 31.4 Å². The van der Waals surface area contributed by atoms with Crippen molar-refractivity contribution in [1.82, 2.24) is 34.2 Å². The van der Waals surface area contributed by atoms with Crippen LogP contribution in [-0.4, -0.2) is 66.4 Å². The summed E-state index contributed by atoms with van der Waals surface area (Å²) in [6.07, 6.45) is 3.23. The van der Waals surface area contributed by atoms with Crippen molar-refractivity contribution in [3.05, 3.63) is 53.0 Å². The Morgan fingerprint density at radius 2 is 2.19 bits per heavy atom. The molecule has 0 saturated carbocycles. The third-order valence-corrected chi connectivity index (χ3v) is 7.02. The molecule has 12 heteroatoms. The van der Waals surface area contributed by atoms with Gasteiger partial charge in [-0.2, -0.15) is 5.10 Å². The third kappa shape index (κ3) is 4.08. The lowest BCUT2D eigenvalue weighted by Gasteiger charge is -2.22. The van der Waals surface area contributed by atoms with E-state index in [0.29, 0.717) is 53.2 Å². The van der Waals surface area contributed by atoms with Crippen molar-refractivity contribution in [1.29, 1.82) is 0 Å². The first-order valence-corrected chi connectivity index (χ1v) is 11.9. The van der Waals surface area contributed by atoms with Gasteiger partial charge in [0.25, 0.3) is 0 Å². The molecule has 1 fully saturated rings. The number of methoxy groups -OCH3 is 1. The summed E-state index contributed by atoms with van der Waals surface area (Å²) in [6, 6.07) is 1.29. The SMILES string of the molecule is C=CC(=O)N1C[C@@H](n2nc(C#Cc3cc4nc(C)n(C)c4c(F)c3Cl)c3c(N)ncnc32)C[C@@H]1COC. The minimum Gasteiger partial charge on any atom is -0.383 e. The molecule has 0 unspecified atom stereocenters. The Kier molecular flexibility index (Phi) is 6.31. The van der Waals surface area contributed by atoms with Gasteiger partial charge in [-0.15, -0.1) is 0 Å². The highest BCUT2D eigenvalue weighted by Crippen LogP contribution is 2.32. The zero-order valence-corrected chi connectivity index (χ0v) is 21.3. The average Bonchev–Trinajstić information content (AvgIpc) is 3.54. The number of nitrogens with two attached hydrogens (primary N) is 1. The van der Waals surface area contributed by atoms with E-state index in [1.54, 1.807) is 41.3 Å². The number of amides is 1. The molecule has 5 rings (SSSR count). The van der Waals surface area contributed by atoms with Gasteiger partial charge >= 0.3 is 0 Å². The van der Waals surface area contributed by atoms with E-state index in [4.69, 9.17) is 27.2 Å². The smallest absolute Gasteiger partial charge is 0.246 e. The molecule has 1 amide bonds. The molecule has 0 radical (unpaired) electrons. The monoisotopic (exact) mass is 522 g/mol. The minimum atomic E-state index is -0.591. The number of halogens is 2. The summed E-state index contributed by atoms with van der Waals surface area (Å²) >= 11 is 6.33. The van der Waals surface area contributed by atoms with Crippen LogP contribution in [0.15, 0.2) is 25.0 Å². The van der Waals surface area contributed by atoms with E-state index in [9.17, 15) is 4.79 Å². The lowest BCUT2D eigenvalue weighted by atomic mass is 10.1. The number of aryl methyl sites for hydroxylation is 2. The topological polar surface area (TPSA) is 117 Å². The number of anilines is 1. The summed E-state index contributed by atoms with van der Waals surface area (Å²) in [7, 11) is 3.31. The van der Waals surface area contributed by atoms with E-state index in [1.165, 1.54) is 12.4 Å². The van der Waals surface area contributed by atoms with Crippen molar-refractivity contribution in [3.63, 3.8) is 0 Å². The maximum atomic E-state index is 15.0. The van der Waals surface area contributed by atoms with Gasteiger partial charge in [0.2, 0.25) is 5.91 Å². The highest BCUT2D eigenvalue weighted by Gasteiger charge is 2.37. The van der Waals surface area contributed by atoms with Gasteiger partial charge in [0.15, 0.2) is 11.5 Å². The highest BCUT2D eigenvalue weighted by atomic mass is 35.5. The fourth-order valence-electron chi connectivity index (χ4n) is 4.78. The molecular weight excluding hydrogens is 499 g/mol. The molecule has 0 aliphatic carbocycles. The summed E-state index contributed by atoms with van der Waals surface area (Å²) in [4.78, 5) is 27.0. The van der Waals surface area contributed by atoms with Crippen molar-refractivity contribution in [2.24, 2.45) is 7.05 Å². The number of hydrogen-bond donors (Lipinski definition) is 1. The molecule has 1 aliphatic heterocycles. The number of likely N-dealkylation sites (tertiary alicyclic amines) is 1. The lowest BCUT2D eigenvalue weighted by Crippen LogP contribution is -2.37. The van der Waals surface area contributed by atoms with Crippen LogP contribution >= 0.6 is 11.6 Å². The lowest BCUT2D eigenvalue weighted by molar-refractivity contribution is -0.127. The first kappa shape index (κ1) is 24.7. The number of hydrogen-bond acceptors (Lipinski definition) is 7. The molecule has 37 heavy (non-hydrogen) atoms. The van der Waals surface area contributed by atoms with Gasteiger partial charge < -0.3 is 19.9 Å². The first-order chi connectivity index (χ1) is 17.7. The summed E-state index contributed by atoms with van der Waals surface area (Å²) in [5, 5.41) is 5.06. The number of ether oxygens (including phenoxy) is 1. The molecule has 2 N–H and O–H groups in total. The van der Waals surface area contributed by atoms with Gasteiger partial charge in [0.1, 0.15) is 29.2 Å². The Morgan fingerprint density at radius 3 is 2.92 bits per heavy atom. The number of benzene rings is 1. The number of rotatable bonds is 4. The van der Waals surface area contributed by atoms with Crippen molar-refractivity contribution < 1.29 is 13.9 Å². The molecule has 3 aromatic heterocycles. The van der Waals surface area contributed by atoms with Gasteiger partial charge in [-0.25, -0.2) is 24.0 Å². The minimum absolute atomic E-state index is 0.104. The van der Waals surface area contributed by atoms with E-state index < -0.39 is 5.82 Å². The number of fused-ring (bicyclic) bond motifs is 2. The molecule has 1 aliphatic rings. The highest BCUT2D eigenvalue weighted by molar-refractivity contribution is 6.32. The molecule has 2 atom stereocenters. The molecule has 190 valence electrons. The summed E-state index contributed by atoms with van der Waals surface area (Å²) in [6.45, 7) is 6.15. The van der Waals surface area contributed by atoms with Crippen LogP contribution in [0.5, 0.6) is 0 Å². The van der Waals surface area contributed by atoms with Crippen LogP contribution in [0.1, 0.15) is 29.5 Å². The molecule has 4 aromatic rings. The first-order valence-electron chi connectivity index (χ1n) is 11.5. The Morgan fingerprint density at radius 1 is 1.41 bits per heavy atom. The predicted octanol–water partition coefficient (Wildman–Crippen LogP) is 2.77. The van der Waals surface area contributed by atoms with Crippen molar-refractivity contribution in [3.8, 4) is 11.8 Å². The average molecular weight is 523 g/mol. The van der Waals surface area contributed by atoms with Crippen LogP contribution in [-0.2, 0) is 16.6 Å². The van der Waals surface area contributed by atoms with E-state index in [0.717, 1.165) is 0 Å². The number of nitrogen functional groups attached to an aromatic ring is 1. The van der Waals surface area contributed by atoms with E-state index >= 15 is 4.39 Å². The van der Waals surface area contributed by atoms with E-state index in [1.807, 2.05) is 0 Å². The predicted molar refractivity (Wildman–Crippen MR) is 137 cm³/mol. The zero-order chi connectivity index (χ0) is 26.4. The molecule has 4 heterocycles. The van der Waals surface area contributed by atoms with Crippen LogP contribution in [0.25, 0.3) is 22.1 Å².